The zero-order valence-corrected chi connectivity index (χ0v) is 15.8. The Hall–Kier alpha value is -2.37. The van der Waals surface area contributed by atoms with E-state index >= 15 is 0 Å². The van der Waals surface area contributed by atoms with E-state index in [1.54, 1.807) is 0 Å². The molecule has 0 saturated carbocycles. The van der Waals surface area contributed by atoms with Gasteiger partial charge in [-0.1, -0.05) is 26.8 Å². The van der Waals surface area contributed by atoms with Gasteiger partial charge in [-0.3, -0.25) is 10.3 Å². The number of carbonyl (C=O) groups excluding carboxylic acids is 1. The highest BCUT2D eigenvalue weighted by Crippen LogP contribution is 2.22. The van der Waals surface area contributed by atoms with Gasteiger partial charge in [-0.05, 0) is 44.7 Å². The van der Waals surface area contributed by atoms with Crippen LogP contribution in [0.1, 0.15) is 69.1 Å². The first kappa shape index (κ1) is 19.0. The Morgan fingerprint density at radius 2 is 1.88 bits per heavy atom. The number of hydrogen-bond donors (Lipinski definition) is 2. The van der Waals surface area contributed by atoms with Crippen LogP contribution in [0.5, 0.6) is 0 Å². The molecule has 2 heterocycles. The fourth-order valence-electron chi connectivity index (χ4n) is 2.90. The van der Waals surface area contributed by atoms with Crippen molar-refractivity contribution >= 4 is 11.8 Å². The van der Waals surface area contributed by atoms with Crippen LogP contribution < -0.4 is 10.6 Å². The van der Waals surface area contributed by atoms with Crippen LogP contribution in [-0.4, -0.2) is 20.8 Å². The Kier molecular flexibility index (Phi) is 6.56. The minimum absolute atomic E-state index is 0.119. The topological polar surface area (TPSA) is 71.8 Å². The molecule has 2 rings (SSSR count). The van der Waals surface area contributed by atoms with E-state index in [-0.39, 0.29) is 18.1 Å². The van der Waals surface area contributed by atoms with Crippen molar-refractivity contribution in [3.05, 3.63) is 41.3 Å². The van der Waals surface area contributed by atoms with Crippen molar-refractivity contribution < 1.29 is 4.79 Å². The third-order valence-electron chi connectivity index (χ3n) is 4.39. The van der Waals surface area contributed by atoms with Crippen LogP contribution in [-0.2, 0) is 0 Å². The van der Waals surface area contributed by atoms with E-state index in [4.69, 9.17) is 0 Å². The molecule has 136 valence electrons. The van der Waals surface area contributed by atoms with Crippen LogP contribution in [0.25, 0.3) is 0 Å². The predicted octanol–water partition coefficient (Wildman–Crippen LogP) is 4.53. The first-order valence-electron chi connectivity index (χ1n) is 9.04. The number of anilines is 1. The van der Waals surface area contributed by atoms with Gasteiger partial charge in [-0.15, -0.1) is 0 Å². The zero-order chi connectivity index (χ0) is 18.4. The number of urea groups is 1. The molecule has 25 heavy (non-hydrogen) atoms. The number of carbonyl (C=O) groups is 1. The van der Waals surface area contributed by atoms with Crippen molar-refractivity contribution in [2.45, 2.75) is 66.0 Å². The Labute approximate surface area is 150 Å². The summed E-state index contributed by atoms with van der Waals surface area (Å²) in [4.78, 5) is 16.9. The molecule has 0 bridgehead atoms. The van der Waals surface area contributed by atoms with Gasteiger partial charge in [0, 0.05) is 12.3 Å². The van der Waals surface area contributed by atoms with Crippen molar-refractivity contribution in [2.75, 3.05) is 5.32 Å². The lowest BCUT2D eigenvalue weighted by Gasteiger charge is -2.19. The highest BCUT2D eigenvalue weighted by atomic mass is 16.2. The van der Waals surface area contributed by atoms with Crippen molar-refractivity contribution in [1.29, 1.82) is 0 Å². The van der Waals surface area contributed by atoms with Crippen LogP contribution in [0.15, 0.2) is 24.4 Å². The Balaban J connectivity index is 2.10. The first-order chi connectivity index (χ1) is 12.0. The van der Waals surface area contributed by atoms with Gasteiger partial charge in [-0.2, -0.15) is 5.10 Å². The summed E-state index contributed by atoms with van der Waals surface area (Å²) in [6.07, 6.45) is 4.54. The maximum atomic E-state index is 12.5. The highest BCUT2D eigenvalue weighted by molar-refractivity contribution is 5.88. The van der Waals surface area contributed by atoms with Gasteiger partial charge in [0.15, 0.2) is 0 Å². The largest absolute Gasteiger partial charge is 0.329 e. The van der Waals surface area contributed by atoms with E-state index in [1.807, 2.05) is 49.8 Å². The molecule has 6 nitrogen and oxygen atoms in total. The molecule has 2 amide bonds. The summed E-state index contributed by atoms with van der Waals surface area (Å²) in [7, 11) is 0. The first-order valence-corrected chi connectivity index (χ1v) is 9.04. The summed E-state index contributed by atoms with van der Waals surface area (Å²) in [5.41, 5.74) is 2.87. The molecule has 0 aliphatic rings. The molecule has 6 heteroatoms. The second-order valence-electron chi connectivity index (χ2n) is 6.41. The lowest BCUT2D eigenvalue weighted by Crippen LogP contribution is -2.33. The molecule has 2 N–H and O–H groups in total. The average molecular weight is 343 g/mol. The zero-order valence-electron chi connectivity index (χ0n) is 15.8. The third kappa shape index (κ3) is 4.81. The number of hydrogen-bond acceptors (Lipinski definition) is 3. The van der Waals surface area contributed by atoms with E-state index in [0.29, 0.717) is 0 Å². The number of aromatic nitrogens is 3. The maximum absolute atomic E-state index is 12.5. The van der Waals surface area contributed by atoms with Gasteiger partial charge in [0.25, 0.3) is 0 Å². The van der Waals surface area contributed by atoms with Gasteiger partial charge < -0.3 is 5.32 Å². The van der Waals surface area contributed by atoms with Crippen molar-refractivity contribution in [2.24, 2.45) is 0 Å². The maximum Gasteiger partial charge on any atom is 0.320 e. The van der Waals surface area contributed by atoms with Crippen molar-refractivity contribution in [3.63, 3.8) is 0 Å². The molecule has 2 aromatic rings. The van der Waals surface area contributed by atoms with Gasteiger partial charge >= 0.3 is 6.03 Å². The SMILES string of the molecule is CCC(CC)n1nc(C)cc1NC(=O)N[C@@H](CC)c1ccc(C)cn1. The highest BCUT2D eigenvalue weighted by Gasteiger charge is 2.18. The van der Waals surface area contributed by atoms with Gasteiger partial charge in [-0.25, -0.2) is 9.48 Å². The normalized spacial score (nSPS) is 12.2. The second kappa shape index (κ2) is 8.65. The molecule has 0 fully saturated rings. The van der Waals surface area contributed by atoms with Crippen LogP contribution >= 0.6 is 0 Å². The van der Waals surface area contributed by atoms with Gasteiger partial charge in [0.1, 0.15) is 5.82 Å². The van der Waals surface area contributed by atoms with E-state index in [2.05, 4.69) is 34.6 Å². The number of aryl methyl sites for hydroxylation is 2. The third-order valence-corrected chi connectivity index (χ3v) is 4.39. The second-order valence-corrected chi connectivity index (χ2v) is 6.41. The molecule has 0 aliphatic heterocycles. The standard InChI is InChI=1S/C19H29N5O/c1-6-15(7-2)24-18(11-14(5)23-24)22-19(25)21-16(8-3)17-10-9-13(4)12-20-17/h9-12,15-16H,6-8H2,1-5H3,(H2,21,22,25)/t16-/m0/s1. The summed E-state index contributed by atoms with van der Waals surface area (Å²) in [5, 5.41) is 10.5. The Morgan fingerprint density at radius 1 is 1.16 bits per heavy atom. The molecule has 1 atom stereocenters. The summed E-state index contributed by atoms with van der Waals surface area (Å²) in [6.45, 7) is 10.2. The van der Waals surface area contributed by atoms with Gasteiger partial charge in [0.2, 0.25) is 0 Å². The summed E-state index contributed by atoms with van der Waals surface area (Å²) in [6, 6.07) is 5.80. The van der Waals surface area contributed by atoms with E-state index < -0.39 is 0 Å². The molecule has 0 saturated heterocycles. The van der Waals surface area contributed by atoms with Gasteiger partial charge in [0.05, 0.1) is 23.5 Å². The van der Waals surface area contributed by atoms with Crippen LogP contribution in [0.3, 0.4) is 0 Å². The van der Waals surface area contributed by atoms with Crippen LogP contribution in [0.2, 0.25) is 0 Å². The molecular formula is C19H29N5O. The number of nitrogens with zero attached hydrogens (tertiary/aromatic N) is 3. The minimum Gasteiger partial charge on any atom is -0.329 e. The molecule has 0 aromatic carbocycles. The molecular weight excluding hydrogens is 314 g/mol. The van der Waals surface area contributed by atoms with E-state index in [9.17, 15) is 4.79 Å². The number of nitrogens with one attached hydrogen (secondary N) is 2. The summed E-state index contributed by atoms with van der Waals surface area (Å²) < 4.78 is 1.92. The molecule has 0 aliphatic carbocycles. The van der Waals surface area contributed by atoms with E-state index in [1.165, 1.54) is 0 Å². The van der Waals surface area contributed by atoms with E-state index in [0.717, 1.165) is 42.0 Å². The fourth-order valence-corrected chi connectivity index (χ4v) is 2.90. The minimum atomic E-state index is -0.235. The smallest absolute Gasteiger partial charge is 0.320 e. The summed E-state index contributed by atoms with van der Waals surface area (Å²) >= 11 is 0. The van der Waals surface area contributed by atoms with Crippen LogP contribution in [0.4, 0.5) is 10.6 Å². The average Bonchev–Trinajstić information content (AvgIpc) is 2.95. The number of amides is 2. The Bertz CT molecular complexity index is 688. The summed E-state index contributed by atoms with van der Waals surface area (Å²) in [5.74, 6) is 0.732. The number of pyridine rings is 1. The molecule has 0 spiro atoms. The predicted molar refractivity (Wildman–Crippen MR) is 101 cm³/mol. The molecule has 0 unspecified atom stereocenters. The monoisotopic (exact) mass is 343 g/mol. The fraction of sp³-hybridized carbons (Fsp3) is 0.526. The van der Waals surface area contributed by atoms with Crippen LogP contribution in [0, 0.1) is 13.8 Å². The number of rotatable bonds is 7. The Morgan fingerprint density at radius 3 is 2.44 bits per heavy atom. The quantitative estimate of drug-likeness (QED) is 0.776. The lowest BCUT2D eigenvalue weighted by atomic mass is 10.1. The molecule has 2 aromatic heterocycles. The van der Waals surface area contributed by atoms with Crippen molar-refractivity contribution in [3.8, 4) is 0 Å². The van der Waals surface area contributed by atoms with Crippen molar-refractivity contribution in [1.82, 2.24) is 20.1 Å². The lowest BCUT2D eigenvalue weighted by molar-refractivity contribution is 0.247. The molecule has 0 radical (unpaired) electrons.